The molecule has 6 atom stereocenters. The summed E-state index contributed by atoms with van der Waals surface area (Å²) in [7, 11) is 0. The second-order valence-electron chi connectivity index (χ2n) is 7.77. The third-order valence-electron chi connectivity index (χ3n) is 6.70. The Labute approximate surface area is 118 Å². The van der Waals surface area contributed by atoms with Crippen molar-refractivity contribution >= 4 is 0 Å². The Bertz CT molecular complexity index is 402. The van der Waals surface area contributed by atoms with Crippen molar-refractivity contribution < 1.29 is 0 Å². The van der Waals surface area contributed by atoms with Gasteiger partial charge in [0.15, 0.2) is 0 Å². The van der Waals surface area contributed by atoms with E-state index in [1.165, 1.54) is 38.5 Å². The van der Waals surface area contributed by atoms with E-state index < -0.39 is 0 Å². The minimum atomic E-state index is 0.824. The molecule has 0 saturated heterocycles. The molecule has 6 unspecified atom stereocenters. The lowest BCUT2D eigenvalue weighted by Gasteiger charge is -2.43. The summed E-state index contributed by atoms with van der Waals surface area (Å²) in [5.41, 5.74) is 1.80. The number of allylic oxidation sites excluding steroid dienone is 4. The molecule has 3 saturated carbocycles. The van der Waals surface area contributed by atoms with Crippen molar-refractivity contribution in [3.8, 4) is 0 Å². The van der Waals surface area contributed by atoms with Crippen LogP contribution in [-0.4, -0.2) is 0 Å². The topological polar surface area (TPSA) is 0 Å². The molecular formula is C19H28. The summed E-state index contributed by atoms with van der Waals surface area (Å²) in [6, 6.07) is 0. The van der Waals surface area contributed by atoms with Gasteiger partial charge in [0.1, 0.15) is 0 Å². The summed E-state index contributed by atoms with van der Waals surface area (Å²) >= 11 is 0. The number of hydrogen-bond donors (Lipinski definition) is 0. The van der Waals surface area contributed by atoms with Gasteiger partial charge >= 0.3 is 0 Å². The Morgan fingerprint density at radius 2 is 1.95 bits per heavy atom. The van der Waals surface area contributed by atoms with Crippen molar-refractivity contribution in [2.24, 2.45) is 35.5 Å². The quantitative estimate of drug-likeness (QED) is 0.512. The fraction of sp³-hybridized carbons (Fsp3) is 0.789. The number of fused-ring (bicyclic) bond motifs is 5. The lowest BCUT2D eigenvalue weighted by atomic mass is 9.62. The second-order valence-corrected chi connectivity index (χ2v) is 7.77. The molecule has 0 aromatic heterocycles. The van der Waals surface area contributed by atoms with Gasteiger partial charge in [-0.05, 0) is 68.1 Å². The maximum atomic E-state index is 2.58. The van der Waals surface area contributed by atoms with Crippen molar-refractivity contribution in [3.63, 3.8) is 0 Å². The molecule has 0 spiro atoms. The third kappa shape index (κ3) is 2.03. The zero-order valence-corrected chi connectivity index (χ0v) is 12.4. The van der Waals surface area contributed by atoms with E-state index in [-0.39, 0.29) is 0 Å². The van der Waals surface area contributed by atoms with Gasteiger partial charge in [-0.3, -0.25) is 0 Å². The molecule has 0 aliphatic heterocycles. The Morgan fingerprint density at radius 3 is 2.89 bits per heavy atom. The van der Waals surface area contributed by atoms with Crippen LogP contribution in [0.25, 0.3) is 0 Å². The first-order valence-corrected chi connectivity index (χ1v) is 8.68. The van der Waals surface area contributed by atoms with Crippen LogP contribution in [0, 0.1) is 35.5 Å². The van der Waals surface area contributed by atoms with Crippen molar-refractivity contribution in [1.82, 2.24) is 0 Å². The van der Waals surface area contributed by atoms with Gasteiger partial charge in [0.05, 0.1) is 0 Å². The Morgan fingerprint density at radius 1 is 1.00 bits per heavy atom. The van der Waals surface area contributed by atoms with Crippen molar-refractivity contribution in [2.75, 3.05) is 0 Å². The SMILES string of the molecule is CC1CC2=CCC=CC2C2CCC3CCCC3C2C1. The fourth-order valence-electron chi connectivity index (χ4n) is 6.01. The normalized spacial score (nSPS) is 48.8. The molecule has 0 bridgehead atoms. The van der Waals surface area contributed by atoms with Crippen LogP contribution in [0.5, 0.6) is 0 Å². The Kier molecular flexibility index (Phi) is 3.09. The third-order valence-corrected chi connectivity index (χ3v) is 6.70. The smallest absolute Gasteiger partial charge is 0.000808 e. The first-order chi connectivity index (χ1) is 9.33. The van der Waals surface area contributed by atoms with E-state index in [2.05, 4.69) is 25.2 Å². The average molecular weight is 256 g/mol. The summed E-state index contributed by atoms with van der Waals surface area (Å²) in [6.45, 7) is 2.51. The summed E-state index contributed by atoms with van der Waals surface area (Å²) in [4.78, 5) is 0. The zero-order valence-electron chi connectivity index (χ0n) is 12.4. The molecule has 0 nitrogen and oxygen atoms in total. The molecule has 4 aliphatic rings. The summed E-state index contributed by atoms with van der Waals surface area (Å²) < 4.78 is 0. The maximum Gasteiger partial charge on any atom is 0.000808 e. The van der Waals surface area contributed by atoms with Crippen LogP contribution in [0.3, 0.4) is 0 Å². The van der Waals surface area contributed by atoms with Crippen LogP contribution < -0.4 is 0 Å². The lowest BCUT2D eigenvalue weighted by Crippen LogP contribution is -2.35. The molecule has 0 amide bonds. The van der Waals surface area contributed by atoms with Crippen molar-refractivity contribution in [1.29, 1.82) is 0 Å². The molecule has 4 aliphatic carbocycles. The van der Waals surface area contributed by atoms with Crippen LogP contribution >= 0.6 is 0 Å². The lowest BCUT2D eigenvalue weighted by molar-refractivity contribution is 0.0834. The van der Waals surface area contributed by atoms with Gasteiger partial charge in [0.2, 0.25) is 0 Å². The summed E-state index contributed by atoms with van der Waals surface area (Å²) in [5.74, 6) is 5.99. The molecular weight excluding hydrogens is 228 g/mol. The van der Waals surface area contributed by atoms with Crippen LogP contribution in [-0.2, 0) is 0 Å². The molecule has 3 fully saturated rings. The minimum absolute atomic E-state index is 0.824. The van der Waals surface area contributed by atoms with Crippen molar-refractivity contribution in [2.45, 2.75) is 58.3 Å². The van der Waals surface area contributed by atoms with Gasteiger partial charge in [-0.15, -0.1) is 0 Å². The van der Waals surface area contributed by atoms with Crippen LogP contribution in [0.15, 0.2) is 23.8 Å². The Balaban J connectivity index is 1.67. The molecule has 0 radical (unpaired) electrons. The molecule has 4 rings (SSSR count). The number of rotatable bonds is 0. The van der Waals surface area contributed by atoms with Gasteiger partial charge in [0.25, 0.3) is 0 Å². The van der Waals surface area contributed by atoms with Gasteiger partial charge in [-0.2, -0.15) is 0 Å². The van der Waals surface area contributed by atoms with E-state index in [9.17, 15) is 0 Å². The van der Waals surface area contributed by atoms with Crippen molar-refractivity contribution in [3.05, 3.63) is 23.8 Å². The highest BCUT2D eigenvalue weighted by atomic mass is 14.5. The first-order valence-electron chi connectivity index (χ1n) is 8.68. The second kappa shape index (κ2) is 4.79. The van der Waals surface area contributed by atoms with Crippen LogP contribution in [0.1, 0.15) is 58.3 Å². The predicted octanol–water partition coefficient (Wildman–Crippen LogP) is 5.36. The molecule has 0 N–H and O–H groups in total. The molecule has 19 heavy (non-hydrogen) atoms. The fourth-order valence-corrected chi connectivity index (χ4v) is 6.01. The number of hydrogen-bond acceptors (Lipinski definition) is 0. The largest absolute Gasteiger partial charge is 0.0841 e. The van der Waals surface area contributed by atoms with E-state index >= 15 is 0 Å². The first kappa shape index (κ1) is 12.2. The Hall–Kier alpha value is -0.520. The minimum Gasteiger partial charge on any atom is -0.0841 e. The van der Waals surface area contributed by atoms with E-state index in [0.29, 0.717) is 0 Å². The van der Waals surface area contributed by atoms with Gasteiger partial charge in [-0.25, -0.2) is 0 Å². The highest BCUT2D eigenvalue weighted by Crippen LogP contribution is 2.55. The van der Waals surface area contributed by atoms with Crippen LogP contribution in [0.2, 0.25) is 0 Å². The van der Waals surface area contributed by atoms with Gasteiger partial charge in [0, 0.05) is 5.92 Å². The van der Waals surface area contributed by atoms with Gasteiger partial charge in [-0.1, -0.05) is 43.6 Å². The highest BCUT2D eigenvalue weighted by molar-refractivity contribution is 5.23. The molecule has 0 aromatic rings. The predicted molar refractivity (Wildman–Crippen MR) is 80.8 cm³/mol. The van der Waals surface area contributed by atoms with E-state index in [0.717, 1.165) is 35.5 Å². The molecule has 0 aromatic carbocycles. The molecule has 104 valence electrons. The van der Waals surface area contributed by atoms with E-state index in [4.69, 9.17) is 0 Å². The average Bonchev–Trinajstić information content (AvgIpc) is 2.83. The monoisotopic (exact) mass is 256 g/mol. The van der Waals surface area contributed by atoms with Crippen LogP contribution in [0.4, 0.5) is 0 Å². The zero-order chi connectivity index (χ0) is 12.8. The summed E-state index contributed by atoms with van der Waals surface area (Å²) in [5, 5.41) is 0. The highest BCUT2D eigenvalue weighted by Gasteiger charge is 2.46. The maximum absolute atomic E-state index is 2.58. The molecule has 0 heteroatoms. The van der Waals surface area contributed by atoms with Gasteiger partial charge < -0.3 is 0 Å². The van der Waals surface area contributed by atoms with E-state index in [1.807, 2.05) is 0 Å². The molecule has 0 heterocycles. The standard InChI is InChI=1S/C19H28/c1-13-11-15-5-2-3-7-17(15)18-10-9-14-6-4-8-16(14)19(18)12-13/h3,5,7,13-14,16-19H,2,4,6,8-12H2,1H3. The summed E-state index contributed by atoms with van der Waals surface area (Å²) in [6.07, 6.45) is 19.4. The van der Waals surface area contributed by atoms with E-state index in [1.54, 1.807) is 18.4 Å².